The highest BCUT2D eigenvalue weighted by Gasteiger charge is 2.22. The summed E-state index contributed by atoms with van der Waals surface area (Å²) in [5.74, 6) is -0.457. The Morgan fingerprint density at radius 1 is 0.968 bits per heavy atom. The van der Waals surface area contributed by atoms with Crippen molar-refractivity contribution in [3.8, 4) is 6.07 Å². The van der Waals surface area contributed by atoms with Crippen LogP contribution in [0.15, 0.2) is 83.8 Å². The van der Waals surface area contributed by atoms with E-state index in [0.717, 1.165) is 11.1 Å². The Balaban J connectivity index is 1.84. The molecule has 0 fully saturated rings. The van der Waals surface area contributed by atoms with E-state index in [0.29, 0.717) is 0 Å². The number of carbonyl (C=O) groups excluding carboxylic acids is 1. The zero-order valence-corrected chi connectivity index (χ0v) is 18.1. The van der Waals surface area contributed by atoms with Gasteiger partial charge >= 0.3 is 0 Å². The van der Waals surface area contributed by atoms with E-state index in [2.05, 4.69) is 4.72 Å². The predicted octanol–water partition coefficient (Wildman–Crippen LogP) is 3.98. The first-order valence-corrected chi connectivity index (χ1v) is 11.3. The van der Waals surface area contributed by atoms with Crippen molar-refractivity contribution in [1.82, 2.24) is 9.62 Å². The quantitative estimate of drug-likeness (QED) is 0.522. The van der Waals surface area contributed by atoms with Crippen LogP contribution in [0.25, 0.3) is 0 Å². The molecular formula is C23H20ClN3O3S. The van der Waals surface area contributed by atoms with Crippen LogP contribution in [0.5, 0.6) is 0 Å². The second kappa shape index (κ2) is 10.2. The number of hydrogen-bond acceptors (Lipinski definition) is 4. The maximum absolute atomic E-state index is 13.0. The molecule has 0 heterocycles. The van der Waals surface area contributed by atoms with Gasteiger partial charge in [-0.3, -0.25) is 4.79 Å². The third-order valence-corrected chi connectivity index (χ3v) is 6.42. The topological polar surface area (TPSA) is 90.3 Å². The summed E-state index contributed by atoms with van der Waals surface area (Å²) in [6.07, 6.45) is 0. The Labute approximate surface area is 186 Å². The highest BCUT2D eigenvalue weighted by Crippen LogP contribution is 2.24. The van der Waals surface area contributed by atoms with Gasteiger partial charge in [-0.1, -0.05) is 72.3 Å². The smallest absolute Gasteiger partial charge is 0.255 e. The molecule has 31 heavy (non-hydrogen) atoms. The van der Waals surface area contributed by atoms with Crippen molar-refractivity contribution in [2.45, 2.75) is 18.0 Å². The molecule has 0 bridgehead atoms. The molecule has 0 atom stereocenters. The van der Waals surface area contributed by atoms with Crippen LogP contribution >= 0.6 is 11.6 Å². The first-order valence-electron chi connectivity index (χ1n) is 9.44. The van der Waals surface area contributed by atoms with E-state index in [9.17, 15) is 13.2 Å². The van der Waals surface area contributed by atoms with Crippen LogP contribution in [0.2, 0.25) is 5.02 Å². The normalized spacial score (nSPS) is 11.0. The Hall–Kier alpha value is -3.18. The van der Waals surface area contributed by atoms with Crippen molar-refractivity contribution in [2.24, 2.45) is 0 Å². The summed E-state index contributed by atoms with van der Waals surface area (Å²) in [6.45, 7) is 0.182. The molecule has 1 amide bonds. The fourth-order valence-electron chi connectivity index (χ4n) is 2.97. The highest BCUT2D eigenvalue weighted by atomic mass is 35.5. The first kappa shape index (κ1) is 22.5. The van der Waals surface area contributed by atoms with Gasteiger partial charge in [-0.25, -0.2) is 13.1 Å². The Morgan fingerprint density at radius 2 is 1.58 bits per heavy atom. The monoisotopic (exact) mass is 453 g/mol. The molecule has 1 N–H and O–H groups in total. The molecule has 0 spiro atoms. The zero-order valence-electron chi connectivity index (χ0n) is 16.5. The third kappa shape index (κ3) is 5.92. The molecule has 0 radical (unpaired) electrons. The first-order chi connectivity index (χ1) is 14.9. The van der Waals surface area contributed by atoms with Gasteiger partial charge in [0.15, 0.2) is 0 Å². The number of halogens is 1. The lowest BCUT2D eigenvalue weighted by atomic mass is 10.1. The fraction of sp³-hybridized carbons (Fsp3) is 0.130. The molecule has 3 rings (SSSR count). The molecule has 0 aliphatic rings. The summed E-state index contributed by atoms with van der Waals surface area (Å²) in [5, 5.41) is 9.15. The van der Waals surface area contributed by atoms with E-state index in [4.69, 9.17) is 16.9 Å². The summed E-state index contributed by atoms with van der Waals surface area (Å²) in [4.78, 5) is 14.2. The molecular weight excluding hydrogens is 434 g/mol. The Bertz CT molecular complexity index is 1190. The molecule has 0 saturated carbocycles. The highest BCUT2D eigenvalue weighted by molar-refractivity contribution is 7.89. The largest absolute Gasteiger partial charge is 0.321 e. The van der Waals surface area contributed by atoms with Gasteiger partial charge in [0.25, 0.3) is 5.91 Å². The molecule has 158 valence electrons. The van der Waals surface area contributed by atoms with E-state index in [1.807, 2.05) is 54.6 Å². The van der Waals surface area contributed by atoms with Crippen LogP contribution < -0.4 is 4.72 Å². The van der Waals surface area contributed by atoms with E-state index in [-0.39, 0.29) is 35.1 Å². The van der Waals surface area contributed by atoms with Gasteiger partial charge in [-0.15, -0.1) is 0 Å². The van der Waals surface area contributed by atoms with Gasteiger partial charge in [0.2, 0.25) is 10.0 Å². The second-order valence-electron chi connectivity index (χ2n) is 6.76. The maximum atomic E-state index is 13.0. The molecule has 6 nitrogen and oxygen atoms in total. The van der Waals surface area contributed by atoms with Crippen molar-refractivity contribution >= 4 is 27.5 Å². The Morgan fingerprint density at radius 3 is 2.19 bits per heavy atom. The van der Waals surface area contributed by atoms with Crippen LogP contribution in [0, 0.1) is 11.3 Å². The molecule has 3 aromatic carbocycles. The van der Waals surface area contributed by atoms with Crippen LogP contribution in [0.4, 0.5) is 0 Å². The number of hydrogen-bond donors (Lipinski definition) is 1. The minimum absolute atomic E-state index is 0.00649. The zero-order chi connectivity index (χ0) is 22.3. The number of benzene rings is 3. The van der Waals surface area contributed by atoms with Crippen LogP contribution in [0.1, 0.15) is 21.5 Å². The number of sulfonamides is 1. The minimum Gasteiger partial charge on any atom is -0.321 e. The molecule has 0 saturated heterocycles. The predicted molar refractivity (Wildman–Crippen MR) is 119 cm³/mol. The lowest BCUT2D eigenvalue weighted by molar-refractivity contribution is 0.0764. The lowest BCUT2D eigenvalue weighted by Gasteiger charge is -2.20. The van der Waals surface area contributed by atoms with Crippen molar-refractivity contribution in [1.29, 1.82) is 5.26 Å². The van der Waals surface area contributed by atoms with Gasteiger partial charge in [0.05, 0.1) is 11.1 Å². The summed E-state index contributed by atoms with van der Waals surface area (Å²) >= 11 is 6.14. The average Bonchev–Trinajstić information content (AvgIpc) is 2.79. The number of amides is 1. The van der Waals surface area contributed by atoms with Gasteiger partial charge in [0.1, 0.15) is 11.4 Å². The van der Waals surface area contributed by atoms with Crippen molar-refractivity contribution in [2.75, 3.05) is 6.54 Å². The summed E-state index contributed by atoms with van der Waals surface area (Å²) in [5.41, 5.74) is 1.78. The molecule has 0 aliphatic carbocycles. The number of rotatable bonds is 8. The summed E-state index contributed by atoms with van der Waals surface area (Å²) in [7, 11) is -3.96. The van der Waals surface area contributed by atoms with E-state index >= 15 is 0 Å². The summed E-state index contributed by atoms with van der Waals surface area (Å²) < 4.78 is 28.1. The lowest BCUT2D eigenvalue weighted by Crippen LogP contribution is -2.31. The number of nitrogens with one attached hydrogen (secondary N) is 1. The van der Waals surface area contributed by atoms with Crippen LogP contribution in [0.3, 0.4) is 0 Å². The Kier molecular flexibility index (Phi) is 7.42. The maximum Gasteiger partial charge on any atom is 0.255 e. The van der Waals surface area contributed by atoms with Crippen LogP contribution in [-0.4, -0.2) is 25.8 Å². The van der Waals surface area contributed by atoms with E-state index in [1.54, 1.807) is 12.1 Å². The van der Waals surface area contributed by atoms with Gasteiger partial charge in [-0.05, 0) is 29.3 Å². The second-order valence-corrected chi connectivity index (χ2v) is 8.90. The third-order valence-electron chi connectivity index (χ3n) is 4.54. The molecule has 0 aliphatic heterocycles. The van der Waals surface area contributed by atoms with E-state index < -0.39 is 15.9 Å². The van der Waals surface area contributed by atoms with Gasteiger partial charge in [-0.2, -0.15) is 5.26 Å². The SMILES string of the molecule is N#CCN(Cc1ccccc1)C(=O)c1ccc(Cl)c(S(=O)(=O)NCc2ccccc2)c1. The average molecular weight is 454 g/mol. The van der Waals surface area contributed by atoms with Crippen molar-refractivity contribution < 1.29 is 13.2 Å². The van der Waals surface area contributed by atoms with Gasteiger partial charge in [0, 0.05) is 18.7 Å². The summed E-state index contributed by atoms with van der Waals surface area (Å²) in [6, 6.07) is 24.4. The van der Waals surface area contributed by atoms with Gasteiger partial charge < -0.3 is 4.90 Å². The van der Waals surface area contributed by atoms with E-state index in [1.165, 1.54) is 23.1 Å². The fourth-order valence-corrected chi connectivity index (χ4v) is 4.51. The number of nitriles is 1. The van der Waals surface area contributed by atoms with Crippen LogP contribution in [-0.2, 0) is 23.1 Å². The number of nitrogens with zero attached hydrogens (tertiary/aromatic N) is 2. The number of carbonyl (C=O) groups is 1. The van der Waals surface area contributed by atoms with Crippen molar-refractivity contribution in [3.63, 3.8) is 0 Å². The molecule has 0 aromatic heterocycles. The molecule has 8 heteroatoms. The molecule has 0 unspecified atom stereocenters. The standard InChI is InChI=1S/C23H20ClN3O3S/c24-21-12-11-20(23(28)27(14-13-25)17-19-9-5-2-6-10-19)15-22(21)31(29,30)26-16-18-7-3-1-4-8-18/h1-12,15,26H,14,16-17H2. The van der Waals surface area contributed by atoms with Crippen molar-refractivity contribution in [3.05, 3.63) is 101 Å². The molecule has 3 aromatic rings. The minimum atomic E-state index is -3.96.